The number of ether oxygens (including phenoxy) is 1. The van der Waals surface area contributed by atoms with Crippen molar-refractivity contribution in [3.8, 4) is 17.1 Å². The zero-order chi connectivity index (χ0) is 13.7. The second-order valence-electron chi connectivity index (χ2n) is 4.30. The Bertz CT molecular complexity index is 537. The molecule has 0 saturated carbocycles. The van der Waals surface area contributed by atoms with E-state index in [1.165, 1.54) is 0 Å². The molecule has 2 rings (SSSR count). The van der Waals surface area contributed by atoms with Crippen molar-refractivity contribution in [1.29, 1.82) is 0 Å². The largest absolute Gasteiger partial charge is 0.496 e. The molecule has 5 heteroatoms. The number of hydrogen-bond donors (Lipinski definition) is 1. The molecule has 0 atom stereocenters. The molecule has 102 valence electrons. The van der Waals surface area contributed by atoms with Crippen LogP contribution in [0.15, 0.2) is 22.7 Å². The smallest absolute Gasteiger partial charge is 0.228 e. The van der Waals surface area contributed by atoms with Crippen LogP contribution in [0.1, 0.15) is 18.4 Å². The Kier molecular flexibility index (Phi) is 4.52. The molecule has 0 spiro atoms. The van der Waals surface area contributed by atoms with Crippen molar-refractivity contribution < 1.29 is 9.26 Å². The highest BCUT2D eigenvalue weighted by Gasteiger charge is 2.09. The van der Waals surface area contributed by atoms with E-state index in [9.17, 15) is 0 Å². The Morgan fingerprint density at radius 1 is 1.37 bits per heavy atom. The molecule has 0 fully saturated rings. The van der Waals surface area contributed by atoms with Crippen LogP contribution in [-0.2, 0) is 6.42 Å². The molecule has 1 aromatic heterocycles. The van der Waals surface area contributed by atoms with Crippen LogP contribution in [0.3, 0.4) is 0 Å². The van der Waals surface area contributed by atoms with Crippen molar-refractivity contribution in [1.82, 2.24) is 15.5 Å². The molecule has 0 aliphatic heterocycles. The summed E-state index contributed by atoms with van der Waals surface area (Å²) in [5, 5.41) is 7.23. The van der Waals surface area contributed by atoms with Crippen LogP contribution in [0.4, 0.5) is 0 Å². The van der Waals surface area contributed by atoms with E-state index in [1.54, 1.807) is 7.11 Å². The van der Waals surface area contributed by atoms with E-state index in [0.29, 0.717) is 11.7 Å². The quantitative estimate of drug-likeness (QED) is 0.808. The highest BCUT2D eigenvalue weighted by molar-refractivity contribution is 5.58. The molecule has 5 nitrogen and oxygen atoms in total. The molecule has 1 N–H and O–H groups in total. The lowest BCUT2D eigenvalue weighted by atomic mass is 10.1. The van der Waals surface area contributed by atoms with Crippen molar-refractivity contribution in [2.24, 2.45) is 0 Å². The summed E-state index contributed by atoms with van der Waals surface area (Å²) in [6.07, 6.45) is 0.746. The van der Waals surface area contributed by atoms with Crippen molar-refractivity contribution in [3.05, 3.63) is 29.7 Å². The Hall–Kier alpha value is -1.88. The number of benzene rings is 1. The summed E-state index contributed by atoms with van der Waals surface area (Å²) in [5.41, 5.74) is 2.00. The number of nitrogens with zero attached hydrogens (tertiary/aromatic N) is 2. The lowest BCUT2D eigenvalue weighted by Gasteiger charge is -2.04. The third-order valence-corrected chi connectivity index (χ3v) is 2.89. The summed E-state index contributed by atoms with van der Waals surface area (Å²) in [6, 6.07) is 5.85. The topological polar surface area (TPSA) is 60.2 Å². The Morgan fingerprint density at radius 3 is 2.89 bits per heavy atom. The maximum atomic E-state index is 5.23. The number of methoxy groups -OCH3 is 1. The molecule has 0 unspecified atom stereocenters. The van der Waals surface area contributed by atoms with Gasteiger partial charge in [0, 0.05) is 18.5 Å². The SMILES string of the molecule is CCNCCc1nc(-c2ccc(OC)c(C)c2)no1. The number of aromatic nitrogens is 2. The van der Waals surface area contributed by atoms with Gasteiger partial charge in [-0.2, -0.15) is 4.98 Å². The van der Waals surface area contributed by atoms with Crippen molar-refractivity contribution in [2.45, 2.75) is 20.3 Å². The lowest BCUT2D eigenvalue weighted by Crippen LogP contribution is -2.16. The number of nitrogens with one attached hydrogen (secondary N) is 1. The summed E-state index contributed by atoms with van der Waals surface area (Å²) in [5.74, 6) is 2.14. The zero-order valence-electron chi connectivity index (χ0n) is 11.6. The second kappa shape index (κ2) is 6.33. The molecule has 0 aliphatic rings. The van der Waals surface area contributed by atoms with Gasteiger partial charge in [0.05, 0.1) is 7.11 Å². The number of likely N-dealkylation sites (N-methyl/N-ethyl adjacent to an activating group) is 1. The first-order chi connectivity index (χ1) is 9.24. The zero-order valence-corrected chi connectivity index (χ0v) is 11.6. The van der Waals surface area contributed by atoms with Crippen LogP contribution in [-0.4, -0.2) is 30.3 Å². The van der Waals surface area contributed by atoms with Gasteiger partial charge in [-0.1, -0.05) is 12.1 Å². The maximum absolute atomic E-state index is 5.23. The summed E-state index contributed by atoms with van der Waals surface area (Å²) in [4.78, 5) is 4.39. The third-order valence-electron chi connectivity index (χ3n) is 2.89. The van der Waals surface area contributed by atoms with Crippen molar-refractivity contribution in [3.63, 3.8) is 0 Å². The number of rotatable bonds is 6. The summed E-state index contributed by atoms with van der Waals surface area (Å²) in [6.45, 7) is 5.85. The normalized spacial score (nSPS) is 10.7. The molecule has 0 saturated heterocycles. The van der Waals surface area contributed by atoms with Gasteiger partial charge < -0.3 is 14.6 Å². The molecule has 1 heterocycles. The summed E-state index contributed by atoms with van der Waals surface area (Å²) in [7, 11) is 1.66. The molecule has 0 amide bonds. The minimum absolute atomic E-state index is 0.622. The van der Waals surface area contributed by atoms with Crippen LogP contribution in [0.25, 0.3) is 11.4 Å². The molecular formula is C14H19N3O2. The van der Waals surface area contributed by atoms with Crippen LogP contribution in [0.2, 0.25) is 0 Å². The molecule has 0 aliphatic carbocycles. The minimum atomic E-state index is 0.622. The molecule has 0 bridgehead atoms. The predicted octanol–water partition coefficient (Wildman–Crippen LogP) is 2.21. The van der Waals surface area contributed by atoms with Crippen LogP contribution >= 0.6 is 0 Å². The fourth-order valence-electron chi connectivity index (χ4n) is 1.86. The van der Waals surface area contributed by atoms with Gasteiger partial charge in [0.2, 0.25) is 11.7 Å². The molecule has 2 aromatic rings. The van der Waals surface area contributed by atoms with Gasteiger partial charge in [0.15, 0.2) is 0 Å². The van der Waals surface area contributed by atoms with Crippen LogP contribution in [0, 0.1) is 6.92 Å². The summed E-state index contributed by atoms with van der Waals surface area (Å²) >= 11 is 0. The van der Waals surface area contributed by atoms with Gasteiger partial charge in [0.25, 0.3) is 0 Å². The van der Waals surface area contributed by atoms with Gasteiger partial charge in [-0.05, 0) is 37.2 Å². The van der Waals surface area contributed by atoms with Gasteiger partial charge >= 0.3 is 0 Å². The highest BCUT2D eigenvalue weighted by Crippen LogP contribution is 2.24. The standard InChI is InChI=1S/C14H19N3O2/c1-4-15-8-7-13-16-14(17-19-13)11-5-6-12(18-3)10(2)9-11/h5-6,9,15H,4,7-8H2,1-3H3. The second-order valence-corrected chi connectivity index (χ2v) is 4.30. The lowest BCUT2D eigenvalue weighted by molar-refractivity contribution is 0.377. The fraction of sp³-hybridized carbons (Fsp3) is 0.429. The van der Waals surface area contributed by atoms with E-state index < -0.39 is 0 Å². The monoisotopic (exact) mass is 261 g/mol. The molecule has 19 heavy (non-hydrogen) atoms. The third kappa shape index (κ3) is 3.32. The van der Waals surface area contributed by atoms with Gasteiger partial charge in [-0.15, -0.1) is 0 Å². The van der Waals surface area contributed by atoms with Crippen LogP contribution < -0.4 is 10.1 Å². The average molecular weight is 261 g/mol. The average Bonchev–Trinajstić information content (AvgIpc) is 2.88. The van der Waals surface area contributed by atoms with Crippen molar-refractivity contribution in [2.75, 3.05) is 20.2 Å². The Morgan fingerprint density at radius 2 is 2.21 bits per heavy atom. The fourth-order valence-corrected chi connectivity index (χ4v) is 1.86. The molecular weight excluding hydrogens is 242 g/mol. The van der Waals surface area contributed by atoms with E-state index in [1.807, 2.05) is 25.1 Å². The van der Waals surface area contributed by atoms with E-state index in [2.05, 4.69) is 22.4 Å². The van der Waals surface area contributed by atoms with E-state index in [0.717, 1.165) is 36.4 Å². The highest BCUT2D eigenvalue weighted by atomic mass is 16.5. The van der Waals surface area contributed by atoms with Crippen LogP contribution in [0.5, 0.6) is 5.75 Å². The van der Waals surface area contributed by atoms with E-state index in [4.69, 9.17) is 9.26 Å². The minimum Gasteiger partial charge on any atom is -0.496 e. The Labute approximate surface area is 113 Å². The van der Waals surface area contributed by atoms with Gasteiger partial charge in [-0.25, -0.2) is 0 Å². The molecule has 0 radical (unpaired) electrons. The van der Waals surface area contributed by atoms with Gasteiger partial charge in [0.1, 0.15) is 5.75 Å². The maximum Gasteiger partial charge on any atom is 0.228 e. The number of aryl methyl sites for hydroxylation is 1. The number of hydrogen-bond acceptors (Lipinski definition) is 5. The van der Waals surface area contributed by atoms with Crippen molar-refractivity contribution >= 4 is 0 Å². The molecule has 1 aromatic carbocycles. The van der Waals surface area contributed by atoms with E-state index >= 15 is 0 Å². The van der Waals surface area contributed by atoms with E-state index in [-0.39, 0.29) is 0 Å². The first kappa shape index (κ1) is 13.5. The van der Waals surface area contributed by atoms with Gasteiger partial charge in [-0.3, -0.25) is 0 Å². The summed E-state index contributed by atoms with van der Waals surface area (Å²) < 4.78 is 10.5. The first-order valence-corrected chi connectivity index (χ1v) is 6.43. The first-order valence-electron chi connectivity index (χ1n) is 6.43. The predicted molar refractivity (Wildman–Crippen MR) is 73.3 cm³/mol. The Balaban J connectivity index is 2.11.